The largest absolute Gasteiger partial charge is 0.455 e. The molecular formula is C75H53N3O. The van der Waals surface area contributed by atoms with Crippen LogP contribution in [0.5, 0.6) is 0 Å². The van der Waals surface area contributed by atoms with Crippen LogP contribution in [0, 0.1) is 27.7 Å². The van der Waals surface area contributed by atoms with Crippen LogP contribution in [0.25, 0.3) is 133 Å². The maximum atomic E-state index is 7.64. The lowest BCUT2D eigenvalue weighted by atomic mass is 9.74. The van der Waals surface area contributed by atoms with Crippen LogP contribution >= 0.6 is 0 Å². The topological polar surface area (TPSA) is 51.8 Å². The smallest absolute Gasteiger partial charge is 0.144 e. The van der Waals surface area contributed by atoms with Gasteiger partial charge >= 0.3 is 0 Å². The second-order valence-corrected chi connectivity index (χ2v) is 21.5. The zero-order chi connectivity index (χ0) is 52.9. The van der Waals surface area contributed by atoms with Gasteiger partial charge in [0.15, 0.2) is 0 Å². The SMILES string of the molecule is Cc1cc2c(c(-c3c(-c4ccccc4)ccc(-c4c(-c5ccccc5)c(-c5c(C)c(C)cc6c5Cc5ccccc5-6)c(-c5ccccc5-c5ccccc5)c5oc6ccccc6c45)c3-c3ccnnn3)c1C)Cc1ccccc1-2. The molecule has 11 aromatic carbocycles. The van der Waals surface area contributed by atoms with Crippen molar-refractivity contribution < 1.29 is 4.42 Å². The highest BCUT2D eigenvalue weighted by Gasteiger charge is 2.36. The molecule has 0 saturated carbocycles. The van der Waals surface area contributed by atoms with Crippen molar-refractivity contribution in [3.8, 4) is 111 Å². The number of para-hydroxylation sites is 1. The minimum atomic E-state index is 0.742. The summed E-state index contributed by atoms with van der Waals surface area (Å²) in [5.41, 5.74) is 34.6. The highest BCUT2D eigenvalue weighted by molar-refractivity contribution is 6.27. The molecule has 0 N–H and O–H groups in total. The Morgan fingerprint density at radius 3 is 1.47 bits per heavy atom. The Bertz CT molecular complexity index is 4610. The number of aromatic nitrogens is 3. The van der Waals surface area contributed by atoms with Crippen LogP contribution in [-0.2, 0) is 12.8 Å². The molecule has 374 valence electrons. The predicted molar refractivity (Wildman–Crippen MR) is 326 cm³/mol. The second kappa shape index (κ2) is 18.5. The Morgan fingerprint density at radius 1 is 0.354 bits per heavy atom. The Balaban J connectivity index is 1.21. The van der Waals surface area contributed by atoms with E-state index in [4.69, 9.17) is 9.52 Å². The maximum absolute atomic E-state index is 7.64. The molecule has 0 bridgehead atoms. The predicted octanol–water partition coefficient (Wildman–Crippen LogP) is 19.5. The van der Waals surface area contributed by atoms with E-state index in [9.17, 15) is 0 Å². The van der Waals surface area contributed by atoms with E-state index in [2.05, 4.69) is 256 Å². The summed E-state index contributed by atoms with van der Waals surface area (Å²) in [5, 5.41) is 16.0. The first-order valence-electron chi connectivity index (χ1n) is 27.4. The fourth-order valence-electron chi connectivity index (χ4n) is 13.5. The molecule has 79 heavy (non-hydrogen) atoms. The van der Waals surface area contributed by atoms with Crippen LogP contribution in [0.1, 0.15) is 44.5 Å². The van der Waals surface area contributed by atoms with Gasteiger partial charge in [-0.2, -0.15) is 0 Å². The molecule has 0 amide bonds. The third-order valence-electron chi connectivity index (χ3n) is 17.2. The number of benzene rings is 11. The zero-order valence-corrected chi connectivity index (χ0v) is 44.5. The van der Waals surface area contributed by atoms with E-state index in [-0.39, 0.29) is 0 Å². The monoisotopic (exact) mass is 1010 g/mol. The first kappa shape index (κ1) is 46.5. The van der Waals surface area contributed by atoms with Gasteiger partial charge in [-0.25, -0.2) is 0 Å². The Morgan fingerprint density at radius 2 is 0.861 bits per heavy atom. The molecule has 4 heteroatoms. The van der Waals surface area contributed by atoms with Gasteiger partial charge in [0.25, 0.3) is 0 Å². The standard InChI is InChI=1S/C75H53N3O/c1-44-40-60-54-31-16-14-28-51(54)42-62(60)66(46(44)3)70-56(49-24-10-6-11-25-49)36-37-59(69(70)64-38-39-76-78-77-64)71-68(50-26-12-7-13-27-50)74(67-47(4)45(2)41-61-55-32-17-15-29-52(55)43-63(61)67)72(75-73(71)58-34-20-21-35-65(58)79-75)57-33-19-18-30-53(57)48-22-8-5-9-23-48/h5-41H,42-43H2,1-4H3. The number of hydrogen-bond donors (Lipinski definition) is 0. The molecule has 2 aromatic heterocycles. The summed E-state index contributed by atoms with van der Waals surface area (Å²) >= 11 is 0. The molecule has 0 atom stereocenters. The molecule has 0 spiro atoms. The van der Waals surface area contributed by atoms with E-state index in [0.29, 0.717) is 0 Å². The quantitative estimate of drug-likeness (QED) is 0.152. The first-order valence-corrected chi connectivity index (χ1v) is 27.4. The van der Waals surface area contributed by atoms with Crippen LogP contribution in [0.15, 0.2) is 229 Å². The van der Waals surface area contributed by atoms with Gasteiger partial charge in [0.2, 0.25) is 0 Å². The third-order valence-corrected chi connectivity index (χ3v) is 17.2. The summed E-state index contributed by atoms with van der Waals surface area (Å²) in [6.07, 6.45) is 3.41. The number of furan rings is 1. The molecule has 0 saturated heterocycles. The molecule has 0 fully saturated rings. The summed E-state index contributed by atoms with van der Waals surface area (Å²) < 4.78 is 7.64. The maximum Gasteiger partial charge on any atom is 0.144 e. The van der Waals surface area contributed by atoms with Crippen molar-refractivity contribution in [3.63, 3.8) is 0 Å². The first-order chi connectivity index (χ1) is 38.9. The molecule has 13 aromatic rings. The van der Waals surface area contributed by atoms with Crippen molar-refractivity contribution in [3.05, 3.63) is 269 Å². The van der Waals surface area contributed by atoms with E-state index >= 15 is 0 Å². The van der Waals surface area contributed by atoms with Crippen molar-refractivity contribution in [1.82, 2.24) is 15.4 Å². The lowest BCUT2D eigenvalue weighted by Gasteiger charge is -2.28. The molecular weight excluding hydrogens is 959 g/mol. The van der Waals surface area contributed by atoms with Crippen LogP contribution < -0.4 is 0 Å². The number of rotatable bonds is 8. The fraction of sp³-hybridized carbons (Fsp3) is 0.0800. The summed E-state index contributed by atoms with van der Waals surface area (Å²) in [5.74, 6) is 0. The molecule has 4 nitrogen and oxygen atoms in total. The van der Waals surface area contributed by atoms with E-state index in [0.717, 1.165) is 113 Å². The Hall–Kier alpha value is -9.77. The second-order valence-electron chi connectivity index (χ2n) is 21.5. The average molecular weight is 1010 g/mol. The van der Waals surface area contributed by atoms with Crippen molar-refractivity contribution in [2.24, 2.45) is 0 Å². The number of aryl methyl sites for hydroxylation is 2. The summed E-state index contributed by atoms with van der Waals surface area (Å²) in [6, 6.07) is 80.0. The summed E-state index contributed by atoms with van der Waals surface area (Å²) in [6.45, 7) is 9.20. The molecule has 2 heterocycles. The zero-order valence-electron chi connectivity index (χ0n) is 44.5. The van der Waals surface area contributed by atoms with Gasteiger partial charge in [0.1, 0.15) is 11.2 Å². The van der Waals surface area contributed by atoms with Crippen LogP contribution in [-0.4, -0.2) is 15.4 Å². The molecule has 0 aliphatic heterocycles. The van der Waals surface area contributed by atoms with Crippen molar-refractivity contribution in [2.45, 2.75) is 40.5 Å². The highest BCUT2D eigenvalue weighted by atomic mass is 16.3. The van der Waals surface area contributed by atoms with E-state index in [1.54, 1.807) is 6.20 Å². The van der Waals surface area contributed by atoms with Crippen LogP contribution in [0.2, 0.25) is 0 Å². The van der Waals surface area contributed by atoms with Crippen molar-refractivity contribution in [1.29, 1.82) is 0 Å². The van der Waals surface area contributed by atoms with Gasteiger partial charge in [0, 0.05) is 38.6 Å². The van der Waals surface area contributed by atoms with Gasteiger partial charge in [-0.15, -0.1) is 10.2 Å². The number of fused-ring (bicyclic) bond motifs is 9. The van der Waals surface area contributed by atoms with Crippen LogP contribution in [0.4, 0.5) is 0 Å². The summed E-state index contributed by atoms with van der Waals surface area (Å²) in [4.78, 5) is 0. The van der Waals surface area contributed by atoms with Gasteiger partial charge in [-0.1, -0.05) is 206 Å². The Kier molecular flexibility index (Phi) is 10.9. The Labute approximate surface area is 460 Å². The van der Waals surface area contributed by atoms with E-state index in [1.165, 1.54) is 77.9 Å². The number of nitrogens with zero attached hydrogens (tertiary/aromatic N) is 3. The molecule has 2 aliphatic carbocycles. The molecule has 2 aliphatic rings. The molecule has 0 unspecified atom stereocenters. The highest BCUT2D eigenvalue weighted by Crippen LogP contribution is 2.60. The average Bonchev–Trinajstić information content (AvgIpc) is 4.38. The van der Waals surface area contributed by atoms with Crippen LogP contribution in [0.3, 0.4) is 0 Å². The van der Waals surface area contributed by atoms with Gasteiger partial charge < -0.3 is 4.42 Å². The minimum Gasteiger partial charge on any atom is -0.455 e. The fourth-order valence-corrected chi connectivity index (χ4v) is 13.5. The minimum absolute atomic E-state index is 0.742. The normalized spacial score (nSPS) is 12.2. The van der Waals surface area contributed by atoms with Gasteiger partial charge in [-0.3, -0.25) is 0 Å². The molecule has 15 rings (SSSR count). The summed E-state index contributed by atoms with van der Waals surface area (Å²) in [7, 11) is 0. The lowest BCUT2D eigenvalue weighted by Crippen LogP contribution is -2.05. The lowest BCUT2D eigenvalue weighted by molar-refractivity contribution is 0.670. The van der Waals surface area contributed by atoms with Crippen molar-refractivity contribution >= 4 is 21.9 Å². The van der Waals surface area contributed by atoms with Gasteiger partial charge in [-0.05, 0) is 180 Å². The third kappa shape index (κ3) is 7.25. The number of hydrogen-bond acceptors (Lipinski definition) is 4. The van der Waals surface area contributed by atoms with E-state index < -0.39 is 0 Å². The van der Waals surface area contributed by atoms with Crippen molar-refractivity contribution in [2.75, 3.05) is 0 Å². The van der Waals surface area contributed by atoms with Gasteiger partial charge in [0.05, 0.1) is 11.9 Å². The van der Waals surface area contributed by atoms with E-state index in [1.807, 2.05) is 0 Å². The molecule has 0 radical (unpaired) electrons.